The minimum atomic E-state index is -0.198. The molecule has 0 radical (unpaired) electrons. The van der Waals surface area contributed by atoms with Gasteiger partial charge in [0.15, 0.2) is 11.6 Å². The number of benzene rings is 2. The molecule has 1 aromatic heterocycles. The van der Waals surface area contributed by atoms with Crippen LogP contribution < -0.4 is 5.32 Å². The average Bonchev–Trinajstić information content (AvgIpc) is 2.66. The fourth-order valence-electron chi connectivity index (χ4n) is 2.46. The number of anilines is 1. The highest BCUT2D eigenvalue weighted by Crippen LogP contribution is 2.35. The molecule has 0 bridgehead atoms. The number of pyridine rings is 1. The van der Waals surface area contributed by atoms with Crippen LogP contribution in [0.3, 0.4) is 0 Å². The van der Waals surface area contributed by atoms with Crippen molar-refractivity contribution in [3.8, 4) is 5.75 Å². The zero-order chi connectivity index (χ0) is 17.5. The number of nitrogens with zero attached hydrogens (tertiary/aromatic N) is 1. The molecule has 3 rings (SSSR count). The van der Waals surface area contributed by atoms with Crippen LogP contribution in [-0.4, -0.2) is 21.8 Å². The van der Waals surface area contributed by atoms with E-state index < -0.39 is 0 Å². The van der Waals surface area contributed by atoms with Crippen molar-refractivity contribution in [2.45, 2.75) is 5.25 Å². The normalized spacial score (nSPS) is 10.6. The second kappa shape index (κ2) is 8.35. The number of thioether (sulfide) groups is 1. The summed E-state index contributed by atoms with van der Waals surface area (Å²) in [5.41, 5.74) is 2.29. The molecule has 0 saturated carbocycles. The lowest BCUT2D eigenvalue weighted by atomic mass is 10.0. The van der Waals surface area contributed by atoms with Crippen LogP contribution in [0.15, 0.2) is 79.0 Å². The monoisotopic (exact) mass is 350 g/mol. The van der Waals surface area contributed by atoms with Crippen LogP contribution in [-0.2, 0) is 4.79 Å². The third-order valence-electron chi connectivity index (χ3n) is 3.63. The average molecular weight is 350 g/mol. The lowest BCUT2D eigenvalue weighted by molar-refractivity contribution is -0.113. The Morgan fingerprint density at radius 1 is 0.960 bits per heavy atom. The van der Waals surface area contributed by atoms with Crippen LogP contribution in [0.5, 0.6) is 5.75 Å². The predicted octanol–water partition coefficient (Wildman–Crippen LogP) is 4.25. The quantitative estimate of drug-likeness (QED) is 0.698. The van der Waals surface area contributed by atoms with E-state index in [0.29, 0.717) is 0 Å². The number of nitrogens with one attached hydrogen (secondary N) is 1. The molecule has 1 heterocycles. The van der Waals surface area contributed by atoms with E-state index in [-0.39, 0.29) is 28.5 Å². The molecule has 4 nitrogen and oxygen atoms in total. The zero-order valence-corrected chi connectivity index (χ0v) is 14.3. The summed E-state index contributed by atoms with van der Waals surface area (Å²) in [5, 5.41) is 12.4. The molecule has 0 aliphatic heterocycles. The van der Waals surface area contributed by atoms with Gasteiger partial charge in [-0.2, -0.15) is 0 Å². The Labute approximate surface area is 150 Å². The fraction of sp³-hybridized carbons (Fsp3) is 0.100. The molecule has 0 saturated heterocycles. The highest BCUT2D eigenvalue weighted by atomic mass is 32.2. The van der Waals surface area contributed by atoms with Crippen molar-refractivity contribution in [1.82, 2.24) is 4.98 Å². The minimum Gasteiger partial charge on any atom is -0.504 e. The van der Waals surface area contributed by atoms with Crippen LogP contribution in [0, 0.1) is 0 Å². The molecule has 3 aromatic rings. The summed E-state index contributed by atoms with van der Waals surface area (Å²) in [6.07, 6.45) is 1.53. The number of rotatable bonds is 6. The molecule has 126 valence electrons. The predicted molar refractivity (Wildman–Crippen MR) is 102 cm³/mol. The molecule has 0 spiro atoms. The summed E-state index contributed by atoms with van der Waals surface area (Å²) in [5.74, 6) is 0.202. The van der Waals surface area contributed by atoms with E-state index in [4.69, 9.17) is 0 Å². The van der Waals surface area contributed by atoms with E-state index in [1.807, 2.05) is 36.4 Å². The first-order valence-electron chi connectivity index (χ1n) is 7.89. The maximum atomic E-state index is 12.2. The summed E-state index contributed by atoms with van der Waals surface area (Å²) in [6.45, 7) is 0. The van der Waals surface area contributed by atoms with Crippen molar-refractivity contribution >= 4 is 23.5 Å². The van der Waals surface area contributed by atoms with Gasteiger partial charge in [-0.1, -0.05) is 60.7 Å². The van der Waals surface area contributed by atoms with Crippen molar-refractivity contribution in [2.75, 3.05) is 11.1 Å². The second-order valence-electron chi connectivity index (χ2n) is 5.43. The van der Waals surface area contributed by atoms with E-state index in [0.717, 1.165) is 11.1 Å². The first-order valence-corrected chi connectivity index (χ1v) is 8.94. The van der Waals surface area contributed by atoms with Crippen molar-refractivity contribution in [3.05, 3.63) is 90.1 Å². The summed E-state index contributed by atoms with van der Waals surface area (Å²) in [6, 6.07) is 23.3. The topological polar surface area (TPSA) is 62.2 Å². The Bertz CT molecular complexity index is 786. The van der Waals surface area contributed by atoms with Gasteiger partial charge in [0.1, 0.15) is 0 Å². The number of hydrogen-bond acceptors (Lipinski definition) is 4. The van der Waals surface area contributed by atoms with Crippen LogP contribution in [0.1, 0.15) is 16.4 Å². The van der Waals surface area contributed by atoms with E-state index in [9.17, 15) is 9.90 Å². The first-order chi connectivity index (χ1) is 12.2. The van der Waals surface area contributed by atoms with Gasteiger partial charge in [0, 0.05) is 6.20 Å². The van der Waals surface area contributed by atoms with Gasteiger partial charge >= 0.3 is 0 Å². The molecule has 2 N–H and O–H groups in total. The molecular weight excluding hydrogens is 332 g/mol. The molecule has 1 amide bonds. The van der Waals surface area contributed by atoms with Crippen LogP contribution in [0.2, 0.25) is 0 Å². The molecule has 25 heavy (non-hydrogen) atoms. The van der Waals surface area contributed by atoms with Gasteiger partial charge in [0.2, 0.25) is 5.91 Å². The Hall–Kier alpha value is -2.79. The van der Waals surface area contributed by atoms with Crippen molar-refractivity contribution in [2.24, 2.45) is 0 Å². The number of aromatic hydroxyl groups is 1. The SMILES string of the molecule is O=C(CSC(c1ccccc1)c1ccccc1)Nc1ncccc1O. The summed E-state index contributed by atoms with van der Waals surface area (Å²) >= 11 is 1.54. The number of carbonyl (C=O) groups excluding carboxylic acids is 1. The molecule has 0 atom stereocenters. The summed E-state index contributed by atoms with van der Waals surface area (Å²) in [7, 11) is 0. The Kier molecular flexibility index (Phi) is 5.69. The number of aromatic nitrogens is 1. The van der Waals surface area contributed by atoms with Crippen molar-refractivity contribution < 1.29 is 9.90 Å². The maximum Gasteiger partial charge on any atom is 0.235 e. The number of carbonyl (C=O) groups is 1. The standard InChI is InChI=1S/C20H18N2O2S/c23-17-12-7-13-21-20(17)22-18(24)14-25-19(15-8-3-1-4-9-15)16-10-5-2-6-11-16/h1-13,19,23H,14H2,(H,21,22,24). The van der Waals surface area contributed by atoms with E-state index in [1.54, 1.807) is 6.07 Å². The third kappa shape index (κ3) is 4.61. The van der Waals surface area contributed by atoms with E-state index in [1.165, 1.54) is 24.0 Å². The van der Waals surface area contributed by atoms with Gasteiger partial charge in [-0.15, -0.1) is 11.8 Å². The highest BCUT2D eigenvalue weighted by molar-refractivity contribution is 8.00. The second-order valence-corrected chi connectivity index (χ2v) is 6.53. The Morgan fingerprint density at radius 3 is 2.12 bits per heavy atom. The molecule has 0 aliphatic rings. The summed E-state index contributed by atoms with van der Waals surface area (Å²) < 4.78 is 0. The van der Waals surface area contributed by atoms with Crippen LogP contribution in [0.4, 0.5) is 5.82 Å². The first kappa shape index (κ1) is 17.0. The van der Waals surface area contributed by atoms with E-state index in [2.05, 4.69) is 34.6 Å². The highest BCUT2D eigenvalue weighted by Gasteiger charge is 2.17. The van der Waals surface area contributed by atoms with Crippen LogP contribution in [0.25, 0.3) is 0 Å². The maximum absolute atomic E-state index is 12.2. The summed E-state index contributed by atoms with van der Waals surface area (Å²) in [4.78, 5) is 16.2. The Balaban J connectivity index is 1.71. The number of amides is 1. The van der Waals surface area contributed by atoms with Crippen molar-refractivity contribution in [3.63, 3.8) is 0 Å². The lowest BCUT2D eigenvalue weighted by Gasteiger charge is -2.17. The van der Waals surface area contributed by atoms with Crippen LogP contribution >= 0.6 is 11.8 Å². The molecule has 0 aliphatic carbocycles. The third-order valence-corrected chi connectivity index (χ3v) is 4.94. The zero-order valence-electron chi connectivity index (χ0n) is 13.5. The molecule has 0 fully saturated rings. The van der Waals surface area contributed by atoms with Gasteiger partial charge in [-0.25, -0.2) is 4.98 Å². The van der Waals surface area contributed by atoms with Gasteiger partial charge < -0.3 is 10.4 Å². The largest absolute Gasteiger partial charge is 0.504 e. The van der Waals surface area contributed by atoms with E-state index >= 15 is 0 Å². The van der Waals surface area contributed by atoms with Gasteiger partial charge in [-0.05, 0) is 23.3 Å². The smallest absolute Gasteiger partial charge is 0.235 e. The molecular formula is C20H18N2O2S. The number of hydrogen-bond donors (Lipinski definition) is 2. The van der Waals surface area contributed by atoms with Crippen molar-refractivity contribution in [1.29, 1.82) is 0 Å². The molecule has 2 aromatic carbocycles. The van der Waals surface area contributed by atoms with Gasteiger partial charge in [0.05, 0.1) is 11.0 Å². The lowest BCUT2D eigenvalue weighted by Crippen LogP contribution is -2.16. The molecule has 5 heteroatoms. The molecule has 0 unspecified atom stereocenters. The fourth-order valence-corrected chi connectivity index (χ4v) is 3.55. The minimum absolute atomic E-state index is 0.0384. The van der Waals surface area contributed by atoms with Gasteiger partial charge in [-0.3, -0.25) is 4.79 Å². The van der Waals surface area contributed by atoms with Gasteiger partial charge in [0.25, 0.3) is 0 Å². The Morgan fingerprint density at radius 2 is 1.56 bits per heavy atom.